The number of nitrogens with zero attached hydrogens (tertiary/aromatic N) is 2. The van der Waals surface area contributed by atoms with Gasteiger partial charge in [-0.15, -0.1) is 35.3 Å². The number of methoxy groups -OCH3 is 1. The monoisotopic (exact) mass is 510 g/mol. The number of halogens is 1. The Kier molecular flexibility index (Phi) is 12.6. The number of hydrogen-bond acceptors (Lipinski definition) is 5. The molecule has 7 nitrogen and oxygen atoms in total. The number of carbonyl (C=O) groups excluding carboxylic acids is 1. The third kappa shape index (κ3) is 8.75. The van der Waals surface area contributed by atoms with Crippen LogP contribution < -0.4 is 10.6 Å². The van der Waals surface area contributed by atoms with Gasteiger partial charge in [0.1, 0.15) is 0 Å². The lowest BCUT2D eigenvalue weighted by atomic mass is 10.1. The minimum absolute atomic E-state index is 0. The Morgan fingerprint density at radius 1 is 1.37 bits per heavy atom. The van der Waals surface area contributed by atoms with E-state index in [4.69, 9.17) is 9.47 Å². The highest BCUT2D eigenvalue weighted by Crippen LogP contribution is 2.16. The number of nitrogens with one attached hydrogen (secondary N) is 2. The van der Waals surface area contributed by atoms with Crippen LogP contribution in [0, 0.1) is 5.92 Å². The van der Waals surface area contributed by atoms with Crippen LogP contribution in [-0.2, 0) is 9.47 Å². The maximum Gasteiger partial charge on any atom is 0.261 e. The number of amides is 1. The maximum atomic E-state index is 11.9. The van der Waals surface area contributed by atoms with E-state index in [2.05, 4.69) is 20.5 Å². The van der Waals surface area contributed by atoms with E-state index < -0.39 is 0 Å². The molecule has 27 heavy (non-hydrogen) atoms. The predicted molar refractivity (Wildman–Crippen MR) is 120 cm³/mol. The van der Waals surface area contributed by atoms with Crippen LogP contribution in [0.15, 0.2) is 22.5 Å². The van der Waals surface area contributed by atoms with Crippen molar-refractivity contribution in [2.75, 3.05) is 60.2 Å². The lowest BCUT2D eigenvalue weighted by molar-refractivity contribution is 0.0536. The molecule has 0 bridgehead atoms. The average molecular weight is 510 g/mol. The molecule has 0 aromatic carbocycles. The number of rotatable bonds is 10. The van der Waals surface area contributed by atoms with Crippen molar-refractivity contribution in [1.82, 2.24) is 15.5 Å². The van der Waals surface area contributed by atoms with Crippen LogP contribution >= 0.6 is 35.3 Å². The summed E-state index contributed by atoms with van der Waals surface area (Å²) in [6.07, 6.45) is 1.97. The van der Waals surface area contributed by atoms with Gasteiger partial charge in [-0.1, -0.05) is 6.07 Å². The minimum atomic E-state index is 0. The Morgan fingerprint density at radius 3 is 2.89 bits per heavy atom. The van der Waals surface area contributed by atoms with Crippen molar-refractivity contribution in [3.8, 4) is 0 Å². The number of ether oxygens (including phenoxy) is 2. The van der Waals surface area contributed by atoms with E-state index in [0.717, 1.165) is 49.9 Å². The van der Waals surface area contributed by atoms with Crippen molar-refractivity contribution in [3.05, 3.63) is 22.4 Å². The zero-order valence-electron chi connectivity index (χ0n) is 16.1. The molecule has 0 aliphatic carbocycles. The van der Waals surface area contributed by atoms with Gasteiger partial charge < -0.3 is 25.0 Å². The topological polar surface area (TPSA) is 75.2 Å². The van der Waals surface area contributed by atoms with Gasteiger partial charge in [0.25, 0.3) is 5.91 Å². The fourth-order valence-corrected chi connectivity index (χ4v) is 3.51. The van der Waals surface area contributed by atoms with E-state index in [9.17, 15) is 4.79 Å². The van der Waals surface area contributed by atoms with Crippen LogP contribution in [0.25, 0.3) is 0 Å². The second-order valence-corrected chi connectivity index (χ2v) is 7.18. The highest BCUT2D eigenvalue weighted by molar-refractivity contribution is 14.0. The minimum Gasteiger partial charge on any atom is -0.382 e. The maximum absolute atomic E-state index is 11.9. The van der Waals surface area contributed by atoms with Crippen LogP contribution in [0.2, 0.25) is 0 Å². The quantitative estimate of drug-likeness (QED) is 0.218. The lowest BCUT2D eigenvalue weighted by Crippen LogP contribution is -2.41. The van der Waals surface area contributed by atoms with E-state index in [1.54, 1.807) is 7.11 Å². The third-order valence-electron chi connectivity index (χ3n) is 4.25. The first-order valence-electron chi connectivity index (χ1n) is 9.08. The van der Waals surface area contributed by atoms with Gasteiger partial charge in [-0.3, -0.25) is 9.79 Å². The van der Waals surface area contributed by atoms with E-state index >= 15 is 0 Å². The zero-order chi connectivity index (χ0) is 18.6. The second kappa shape index (κ2) is 14.1. The molecule has 154 valence electrons. The number of carbonyl (C=O) groups is 1. The summed E-state index contributed by atoms with van der Waals surface area (Å²) >= 11 is 1.46. The number of thiophene rings is 1. The van der Waals surface area contributed by atoms with Crippen molar-refractivity contribution in [1.29, 1.82) is 0 Å². The highest BCUT2D eigenvalue weighted by Gasteiger charge is 2.24. The molecule has 1 amide bonds. The first-order valence-corrected chi connectivity index (χ1v) is 9.96. The summed E-state index contributed by atoms with van der Waals surface area (Å²) in [5, 5.41) is 8.23. The average Bonchev–Trinajstić information content (AvgIpc) is 3.34. The standard InChI is InChI=1S/C18H30N4O3S.HI/c1-19-18(22-9-6-15(13-22)14-25-11-10-24-2)21-8-4-7-20-17(23)16-5-3-12-26-16;/h3,5,12,15H,4,6-11,13-14H2,1-2H3,(H,19,21)(H,20,23);1H. The molecule has 2 heterocycles. The number of guanidine groups is 1. The van der Waals surface area contributed by atoms with Gasteiger partial charge in [0.2, 0.25) is 0 Å². The first-order chi connectivity index (χ1) is 12.7. The molecule has 0 radical (unpaired) electrons. The highest BCUT2D eigenvalue weighted by atomic mass is 127. The smallest absolute Gasteiger partial charge is 0.261 e. The molecular weight excluding hydrogens is 479 g/mol. The Hall–Kier alpha value is -0.910. The molecule has 9 heteroatoms. The van der Waals surface area contributed by atoms with Crippen molar-refractivity contribution >= 4 is 47.2 Å². The fraction of sp³-hybridized carbons (Fsp3) is 0.667. The van der Waals surface area contributed by atoms with E-state index in [1.807, 2.05) is 24.6 Å². The third-order valence-corrected chi connectivity index (χ3v) is 5.12. The van der Waals surface area contributed by atoms with Gasteiger partial charge in [0.15, 0.2) is 5.96 Å². The Labute approximate surface area is 182 Å². The molecule has 2 N–H and O–H groups in total. The summed E-state index contributed by atoms with van der Waals surface area (Å²) < 4.78 is 10.6. The molecule has 1 aliphatic heterocycles. The Bertz CT molecular complexity index is 557. The summed E-state index contributed by atoms with van der Waals surface area (Å²) in [5.74, 6) is 1.46. The van der Waals surface area contributed by atoms with Gasteiger partial charge in [-0.05, 0) is 24.3 Å². The van der Waals surface area contributed by atoms with Crippen molar-refractivity contribution < 1.29 is 14.3 Å². The van der Waals surface area contributed by atoms with E-state index in [-0.39, 0.29) is 29.9 Å². The first kappa shape index (κ1) is 24.1. The van der Waals surface area contributed by atoms with Crippen molar-refractivity contribution in [3.63, 3.8) is 0 Å². The number of aliphatic imine (C=N–C) groups is 1. The summed E-state index contributed by atoms with van der Waals surface area (Å²) in [5.41, 5.74) is 0. The Morgan fingerprint density at radius 2 is 2.19 bits per heavy atom. The lowest BCUT2D eigenvalue weighted by Gasteiger charge is -2.21. The molecule has 1 fully saturated rings. The second-order valence-electron chi connectivity index (χ2n) is 6.23. The van der Waals surface area contributed by atoms with Gasteiger partial charge in [-0.25, -0.2) is 0 Å². The van der Waals surface area contributed by atoms with Crippen LogP contribution in [0.4, 0.5) is 0 Å². The molecule has 0 saturated carbocycles. The van der Waals surface area contributed by atoms with Crippen LogP contribution in [0.5, 0.6) is 0 Å². The SMILES string of the molecule is CN=C(NCCCNC(=O)c1cccs1)N1CCC(COCCOC)C1.I. The molecule has 2 rings (SSSR count). The zero-order valence-corrected chi connectivity index (χ0v) is 19.3. The molecule has 1 saturated heterocycles. The number of likely N-dealkylation sites (tertiary alicyclic amines) is 1. The van der Waals surface area contributed by atoms with Crippen LogP contribution in [0.1, 0.15) is 22.5 Å². The normalized spacial score (nSPS) is 16.9. The Balaban J connectivity index is 0.00000364. The molecule has 1 aromatic heterocycles. The van der Waals surface area contributed by atoms with Crippen molar-refractivity contribution in [2.45, 2.75) is 12.8 Å². The summed E-state index contributed by atoms with van der Waals surface area (Å²) in [7, 11) is 3.49. The summed E-state index contributed by atoms with van der Waals surface area (Å²) in [6, 6.07) is 3.72. The van der Waals surface area contributed by atoms with Crippen LogP contribution in [0.3, 0.4) is 0 Å². The molecule has 1 aromatic rings. The number of hydrogen-bond donors (Lipinski definition) is 2. The molecule has 1 unspecified atom stereocenters. The summed E-state index contributed by atoms with van der Waals surface area (Å²) in [4.78, 5) is 19.3. The van der Waals surface area contributed by atoms with Crippen LogP contribution in [-0.4, -0.2) is 76.9 Å². The van der Waals surface area contributed by atoms with Gasteiger partial charge in [0, 0.05) is 46.3 Å². The fourth-order valence-electron chi connectivity index (χ4n) is 2.87. The van der Waals surface area contributed by atoms with E-state index in [0.29, 0.717) is 25.7 Å². The van der Waals surface area contributed by atoms with Gasteiger partial charge >= 0.3 is 0 Å². The van der Waals surface area contributed by atoms with Gasteiger partial charge in [-0.2, -0.15) is 0 Å². The molecule has 1 aliphatic rings. The predicted octanol–water partition coefficient (Wildman–Crippen LogP) is 2.05. The molecular formula is C18H31IN4O3S. The van der Waals surface area contributed by atoms with E-state index in [1.165, 1.54) is 11.3 Å². The summed E-state index contributed by atoms with van der Waals surface area (Å²) in [6.45, 7) is 5.44. The molecule has 1 atom stereocenters. The largest absolute Gasteiger partial charge is 0.382 e. The van der Waals surface area contributed by atoms with Gasteiger partial charge in [0.05, 0.1) is 24.7 Å². The molecule has 0 spiro atoms. The van der Waals surface area contributed by atoms with Crippen molar-refractivity contribution in [2.24, 2.45) is 10.9 Å².